The average molecular weight is 272 g/mol. The molecule has 2 atom stereocenters. The lowest BCUT2D eigenvalue weighted by molar-refractivity contribution is 0.164. The van der Waals surface area contributed by atoms with E-state index >= 15 is 0 Å². The normalized spacial score (nSPS) is 14.9. The molecule has 0 radical (unpaired) electrons. The molecule has 0 spiro atoms. The van der Waals surface area contributed by atoms with Gasteiger partial charge in [0.1, 0.15) is 0 Å². The molecule has 0 fully saturated rings. The summed E-state index contributed by atoms with van der Waals surface area (Å²) in [6.45, 7) is 4.73. The van der Waals surface area contributed by atoms with E-state index < -0.39 is 0 Å². The van der Waals surface area contributed by atoms with Crippen molar-refractivity contribution in [2.45, 2.75) is 32.4 Å². The van der Waals surface area contributed by atoms with Gasteiger partial charge in [0.05, 0.1) is 6.10 Å². The number of benzene rings is 1. The molecule has 0 aromatic heterocycles. The molecule has 1 rings (SSSR count). The third-order valence-corrected chi connectivity index (χ3v) is 2.97. The summed E-state index contributed by atoms with van der Waals surface area (Å²) in [5.41, 5.74) is 1.23. The van der Waals surface area contributed by atoms with Gasteiger partial charge < -0.3 is 10.4 Å². The van der Waals surface area contributed by atoms with Crippen molar-refractivity contribution in [3.63, 3.8) is 0 Å². The number of aliphatic hydroxyl groups excluding tert-OH is 1. The molecule has 84 valence electrons. The number of hydrogen-bond donors (Lipinski definition) is 2. The molecule has 3 heteroatoms. The molecule has 0 saturated heterocycles. The first-order valence-electron chi connectivity index (χ1n) is 5.30. The van der Waals surface area contributed by atoms with Crippen LogP contribution in [0, 0.1) is 0 Å². The molecule has 2 unspecified atom stereocenters. The van der Waals surface area contributed by atoms with Crippen LogP contribution in [0.5, 0.6) is 0 Å². The van der Waals surface area contributed by atoms with Crippen LogP contribution in [0.3, 0.4) is 0 Å². The summed E-state index contributed by atoms with van der Waals surface area (Å²) < 4.78 is 1.09. The highest BCUT2D eigenvalue weighted by atomic mass is 79.9. The predicted molar refractivity (Wildman–Crippen MR) is 66.9 cm³/mol. The van der Waals surface area contributed by atoms with E-state index in [4.69, 9.17) is 0 Å². The Morgan fingerprint density at radius 3 is 2.80 bits per heavy atom. The molecule has 0 aliphatic rings. The Morgan fingerprint density at radius 2 is 2.20 bits per heavy atom. The maximum atomic E-state index is 9.44. The van der Waals surface area contributed by atoms with Crippen LogP contribution in [0.15, 0.2) is 28.7 Å². The second-order valence-corrected chi connectivity index (χ2v) is 4.66. The molecule has 15 heavy (non-hydrogen) atoms. The van der Waals surface area contributed by atoms with Crippen LogP contribution < -0.4 is 5.32 Å². The van der Waals surface area contributed by atoms with Crippen LogP contribution in [0.4, 0.5) is 0 Å². The van der Waals surface area contributed by atoms with Gasteiger partial charge in [-0.25, -0.2) is 0 Å². The molecular weight excluding hydrogens is 254 g/mol. The first-order chi connectivity index (χ1) is 7.13. The standard InChI is InChI=1S/C12H18BrNO/c1-3-12(15)8-14-9(2)10-5-4-6-11(13)7-10/h4-7,9,12,14-15H,3,8H2,1-2H3. The number of aliphatic hydroxyl groups is 1. The van der Waals surface area contributed by atoms with Gasteiger partial charge >= 0.3 is 0 Å². The van der Waals surface area contributed by atoms with E-state index in [0.717, 1.165) is 10.9 Å². The lowest BCUT2D eigenvalue weighted by atomic mass is 10.1. The summed E-state index contributed by atoms with van der Waals surface area (Å²) in [6.07, 6.45) is 0.540. The van der Waals surface area contributed by atoms with Gasteiger partial charge in [0.2, 0.25) is 0 Å². The lowest BCUT2D eigenvalue weighted by Crippen LogP contribution is -2.28. The van der Waals surface area contributed by atoms with Gasteiger partial charge in [-0.1, -0.05) is 35.0 Å². The maximum absolute atomic E-state index is 9.44. The van der Waals surface area contributed by atoms with E-state index in [1.54, 1.807) is 0 Å². The van der Waals surface area contributed by atoms with Crippen molar-refractivity contribution < 1.29 is 5.11 Å². The monoisotopic (exact) mass is 271 g/mol. The molecule has 2 nitrogen and oxygen atoms in total. The Balaban J connectivity index is 2.50. The third kappa shape index (κ3) is 4.33. The van der Waals surface area contributed by atoms with E-state index in [2.05, 4.69) is 40.3 Å². The first-order valence-corrected chi connectivity index (χ1v) is 6.09. The van der Waals surface area contributed by atoms with Crippen LogP contribution in [-0.4, -0.2) is 17.8 Å². The zero-order valence-corrected chi connectivity index (χ0v) is 10.8. The Bertz CT molecular complexity index is 303. The van der Waals surface area contributed by atoms with Crippen molar-refractivity contribution in [1.29, 1.82) is 0 Å². The van der Waals surface area contributed by atoms with Crippen molar-refractivity contribution in [3.05, 3.63) is 34.3 Å². The number of rotatable bonds is 5. The highest BCUT2D eigenvalue weighted by Gasteiger charge is 2.07. The molecule has 1 aromatic rings. The number of hydrogen-bond acceptors (Lipinski definition) is 2. The quantitative estimate of drug-likeness (QED) is 0.863. The van der Waals surface area contributed by atoms with Crippen molar-refractivity contribution in [2.24, 2.45) is 0 Å². The molecule has 0 aliphatic heterocycles. The summed E-state index contributed by atoms with van der Waals surface area (Å²) in [6, 6.07) is 8.48. The van der Waals surface area contributed by atoms with Crippen LogP contribution in [0.2, 0.25) is 0 Å². The van der Waals surface area contributed by atoms with Crippen LogP contribution >= 0.6 is 15.9 Å². The van der Waals surface area contributed by atoms with Gasteiger partial charge in [-0.15, -0.1) is 0 Å². The fourth-order valence-electron chi connectivity index (χ4n) is 1.35. The third-order valence-electron chi connectivity index (χ3n) is 2.48. The minimum Gasteiger partial charge on any atom is -0.392 e. The Labute approximate surface area is 99.8 Å². The molecule has 0 aliphatic carbocycles. The topological polar surface area (TPSA) is 32.3 Å². The van der Waals surface area contributed by atoms with E-state index in [9.17, 15) is 5.11 Å². The van der Waals surface area contributed by atoms with Gasteiger partial charge in [-0.05, 0) is 31.0 Å². The summed E-state index contributed by atoms with van der Waals surface area (Å²) in [7, 11) is 0. The number of nitrogens with one attached hydrogen (secondary N) is 1. The van der Waals surface area contributed by atoms with E-state index in [1.807, 2.05) is 19.1 Å². The van der Waals surface area contributed by atoms with Crippen LogP contribution in [-0.2, 0) is 0 Å². The van der Waals surface area contributed by atoms with Gasteiger partial charge in [-0.2, -0.15) is 0 Å². The van der Waals surface area contributed by atoms with E-state index in [1.165, 1.54) is 5.56 Å². The van der Waals surface area contributed by atoms with E-state index in [-0.39, 0.29) is 12.1 Å². The Morgan fingerprint density at radius 1 is 1.47 bits per heavy atom. The minimum atomic E-state index is -0.250. The lowest BCUT2D eigenvalue weighted by Gasteiger charge is -2.16. The molecule has 2 N–H and O–H groups in total. The highest BCUT2D eigenvalue weighted by molar-refractivity contribution is 9.10. The van der Waals surface area contributed by atoms with Crippen molar-refractivity contribution in [2.75, 3.05) is 6.54 Å². The second-order valence-electron chi connectivity index (χ2n) is 3.75. The van der Waals surface area contributed by atoms with E-state index in [0.29, 0.717) is 6.54 Å². The largest absolute Gasteiger partial charge is 0.392 e. The smallest absolute Gasteiger partial charge is 0.0662 e. The summed E-state index contributed by atoms with van der Waals surface area (Å²) >= 11 is 3.45. The Kier molecular flexibility index (Phi) is 5.29. The van der Waals surface area contributed by atoms with Crippen LogP contribution in [0.25, 0.3) is 0 Å². The zero-order valence-electron chi connectivity index (χ0n) is 9.20. The summed E-state index contributed by atoms with van der Waals surface area (Å²) in [5, 5.41) is 12.7. The van der Waals surface area contributed by atoms with Crippen molar-refractivity contribution in [3.8, 4) is 0 Å². The molecule has 0 bridgehead atoms. The minimum absolute atomic E-state index is 0.250. The fraction of sp³-hybridized carbons (Fsp3) is 0.500. The Hall–Kier alpha value is -0.380. The van der Waals surface area contributed by atoms with Crippen LogP contribution in [0.1, 0.15) is 31.9 Å². The SMILES string of the molecule is CCC(O)CNC(C)c1cccc(Br)c1. The van der Waals surface area contributed by atoms with Gasteiger partial charge in [-0.3, -0.25) is 0 Å². The molecule has 0 heterocycles. The summed E-state index contributed by atoms with van der Waals surface area (Å²) in [4.78, 5) is 0. The van der Waals surface area contributed by atoms with Crippen molar-refractivity contribution >= 4 is 15.9 Å². The summed E-state index contributed by atoms with van der Waals surface area (Å²) in [5.74, 6) is 0. The second kappa shape index (κ2) is 6.26. The molecule has 1 aromatic carbocycles. The zero-order chi connectivity index (χ0) is 11.3. The van der Waals surface area contributed by atoms with Gasteiger partial charge in [0.15, 0.2) is 0 Å². The molecular formula is C12H18BrNO. The number of halogens is 1. The molecule has 0 saturated carbocycles. The van der Waals surface area contributed by atoms with Gasteiger partial charge in [0.25, 0.3) is 0 Å². The first kappa shape index (κ1) is 12.7. The average Bonchev–Trinajstić information content (AvgIpc) is 2.25. The predicted octanol–water partition coefficient (Wildman–Crippen LogP) is 2.87. The van der Waals surface area contributed by atoms with Crippen molar-refractivity contribution in [1.82, 2.24) is 5.32 Å². The molecule has 0 amide bonds. The fourth-order valence-corrected chi connectivity index (χ4v) is 1.77. The van der Waals surface area contributed by atoms with Gasteiger partial charge in [0, 0.05) is 17.1 Å². The maximum Gasteiger partial charge on any atom is 0.0662 e. The highest BCUT2D eigenvalue weighted by Crippen LogP contribution is 2.17.